The van der Waals surface area contributed by atoms with Crippen molar-refractivity contribution in [2.75, 3.05) is 36.5 Å². The van der Waals surface area contributed by atoms with E-state index in [2.05, 4.69) is 25.5 Å². The number of hydrogen-bond acceptors (Lipinski definition) is 5. The fourth-order valence-electron chi connectivity index (χ4n) is 2.81. The number of anilines is 2. The van der Waals surface area contributed by atoms with E-state index in [-0.39, 0.29) is 0 Å². The molecule has 0 unspecified atom stereocenters. The van der Waals surface area contributed by atoms with Crippen molar-refractivity contribution in [3.8, 4) is 0 Å². The lowest BCUT2D eigenvalue weighted by Gasteiger charge is -2.28. The fraction of sp³-hybridized carbons (Fsp3) is 0.643. The van der Waals surface area contributed by atoms with Crippen molar-refractivity contribution in [1.82, 2.24) is 15.3 Å². The van der Waals surface area contributed by atoms with E-state index in [0.29, 0.717) is 35.5 Å². The summed E-state index contributed by atoms with van der Waals surface area (Å²) in [6, 6.07) is 2.23. The average molecular weight is 342 g/mol. The van der Waals surface area contributed by atoms with Crippen LogP contribution < -0.4 is 15.5 Å². The lowest BCUT2D eigenvalue weighted by Crippen LogP contribution is -2.38. The largest absolute Gasteiger partial charge is 0.378 e. The van der Waals surface area contributed by atoms with Crippen LogP contribution in [-0.4, -0.2) is 47.4 Å². The Balaban J connectivity index is 1.64. The lowest BCUT2D eigenvalue weighted by atomic mass is 10.3. The maximum absolute atomic E-state index is 6.11. The van der Waals surface area contributed by atoms with Crippen LogP contribution in [-0.2, 0) is 4.74 Å². The first-order valence-electron chi connectivity index (χ1n) is 7.65. The molecule has 1 aliphatic heterocycles. The zero-order valence-electron chi connectivity index (χ0n) is 12.3. The van der Waals surface area contributed by atoms with Gasteiger partial charge in [-0.05, 0) is 25.1 Å². The fourth-order valence-corrected chi connectivity index (χ4v) is 3.24. The molecule has 1 saturated heterocycles. The number of thiocarbonyl (C=S) groups is 1. The van der Waals surface area contributed by atoms with Gasteiger partial charge in [0.1, 0.15) is 11.0 Å². The molecule has 1 aliphatic carbocycles. The van der Waals surface area contributed by atoms with Gasteiger partial charge in [-0.2, -0.15) is 4.98 Å². The molecule has 0 bridgehead atoms. The molecule has 0 amide bonds. The number of nitrogens with one attached hydrogen (secondary N) is 2. The van der Waals surface area contributed by atoms with Gasteiger partial charge in [-0.3, -0.25) is 0 Å². The van der Waals surface area contributed by atoms with E-state index in [1.54, 1.807) is 6.07 Å². The van der Waals surface area contributed by atoms with Gasteiger partial charge < -0.3 is 20.3 Å². The summed E-state index contributed by atoms with van der Waals surface area (Å²) in [6.07, 6.45) is 4.85. The Labute approximate surface area is 140 Å². The van der Waals surface area contributed by atoms with Gasteiger partial charge >= 0.3 is 0 Å². The molecular weight excluding hydrogens is 322 g/mol. The van der Waals surface area contributed by atoms with E-state index < -0.39 is 0 Å². The van der Waals surface area contributed by atoms with Crippen LogP contribution in [0.3, 0.4) is 0 Å². The number of rotatable bonds is 3. The molecule has 0 radical (unpaired) electrons. The van der Waals surface area contributed by atoms with Gasteiger partial charge in [-0.1, -0.05) is 24.4 Å². The second-order valence-electron chi connectivity index (χ2n) is 5.55. The summed E-state index contributed by atoms with van der Waals surface area (Å²) in [5.41, 5.74) is 0. The Morgan fingerprint density at radius 3 is 2.73 bits per heavy atom. The lowest BCUT2D eigenvalue weighted by molar-refractivity contribution is 0.122. The van der Waals surface area contributed by atoms with Crippen LogP contribution in [0.25, 0.3) is 0 Å². The van der Waals surface area contributed by atoms with E-state index >= 15 is 0 Å². The molecule has 2 N–H and O–H groups in total. The van der Waals surface area contributed by atoms with Crippen molar-refractivity contribution < 1.29 is 4.74 Å². The SMILES string of the molecule is S=C(Nc1nc(Cl)cc(N2CCOCC2)n1)NC1CCCC1. The average Bonchev–Trinajstić information content (AvgIpc) is 3.00. The van der Waals surface area contributed by atoms with Crippen LogP contribution in [0.15, 0.2) is 6.07 Å². The first kappa shape index (κ1) is 15.7. The third kappa shape index (κ3) is 4.18. The van der Waals surface area contributed by atoms with Gasteiger partial charge in [-0.15, -0.1) is 0 Å². The van der Waals surface area contributed by atoms with Gasteiger partial charge in [0.05, 0.1) is 13.2 Å². The molecule has 2 aliphatic rings. The highest BCUT2D eigenvalue weighted by molar-refractivity contribution is 7.80. The van der Waals surface area contributed by atoms with E-state index in [1.165, 1.54) is 12.8 Å². The number of hydrogen-bond donors (Lipinski definition) is 2. The summed E-state index contributed by atoms with van der Waals surface area (Å²) in [7, 11) is 0. The van der Waals surface area contributed by atoms with Crippen molar-refractivity contribution in [2.24, 2.45) is 0 Å². The highest BCUT2D eigenvalue weighted by atomic mass is 35.5. The highest BCUT2D eigenvalue weighted by Gasteiger charge is 2.17. The molecule has 6 nitrogen and oxygen atoms in total. The molecule has 1 aromatic heterocycles. The topological polar surface area (TPSA) is 62.3 Å². The van der Waals surface area contributed by atoms with Crippen LogP contribution in [0.1, 0.15) is 25.7 Å². The number of morpholine rings is 1. The Kier molecular flexibility index (Phi) is 5.28. The van der Waals surface area contributed by atoms with Crippen molar-refractivity contribution >= 4 is 40.7 Å². The summed E-state index contributed by atoms with van der Waals surface area (Å²) in [5, 5.41) is 7.32. The minimum atomic E-state index is 0.405. The van der Waals surface area contributed by atoms with Crippen molar-refractivity contribution in [3.63, 3.8) is 0 Å². The zero-order chi connectivity index (χ0) is 15.4. The van der Waals surface area contributed by atoms with Gasteiger partial charge in [0.25, 0.3) is 0 Å². The number of aromatic nitrogens is 2. The number of nitrogens with zero attached hydrogens (tertiary/aromatic N) is 3. The van der Waals surface area contributed by atoms with Gasteiger partial charge in [0, 0.05) is 25.2 Å². The summed E-state index contributed by atoms with van der Waals surface area (Å²) in [4.78, 5) is 10.8. The minimum absolute atomic E-state index is 0.405. The summed E-state index contributed by atoms with van der Waals surface area (Å²) >= 11 is 11.4. The van der Waals surface area contributed by atoms with Gasteiger partial charge in [0.15, 0.2) is 5.11 Å². The van der Waals surface area contributed by atoms with Gasteiger partial charge in [0.2, 0.25) is 5.95 Å². The Hall–Kier alpha value is -1.18. The van der Waals surface area contributed by atoms with Crippen molar-refractivity contribution in [3.05, 3.63) is 11.2 Å². The molecule has 22 heavy (non-hydrogen) atoms. The van der Waals surface area contributed by atoms with E-state index in [4.69, 9.17) is 28.6 Å². The van der Waals surface area contributed by atoms with Gasteiger partial charge in [-0.25, -0.2) is 4.98 Å². The molecule has 2 heterocycles. The monoisotopic (exact) mass is 341 g/mol. The van der Waals surface area contributed by atoms with Crippen molar-refractivity contribution in [2.45, 2.75) is 31.7 Å². The number of ether oxygens (including phenoxy) is 1. The Morgan fingerprint density at radius 1 is 1.27 bits per heavy atom. The standard InChI is InChI=1S/C14H20ClN5OS/c15-11-9-12(20-5-7-21-8-6-20)18-13(17-11)19-14(22)16-10-3-1-2-4-10/h9-10H,1-8H2,(H2,16,17,18,19,22). The summed E-state index contributed by atoms with van der Waals surface area (Å²) in [6.45, 7) is 3.01. The molecule has 0 atom stereocenters. The maximum Gasteiger partial charge on any atom is 0.232 e. The minimum Gasteiger partial charge on any atom is -0.378 e. The maximum atomic E-state index is 6.11. The first-order valence-corrected chi connectivity index (χ1v) is 8.44. The van der Waals surface area contributed by atoms with Crippen LogP contribution in [0.4, 0.5) is 11.8 Å². The zero-order valence-corrected chi connectivity index (χ0v) is 13.9. The summed E-state index contributed by atoms with van der Waals surface area (Å²) in [5.74, 6) is 1.24. The molecule has 0 spiro atoms. The molecule has 2 fully saturated rings. The molecule has 3 rings (SSSR count). The quantitative estimate of drug-likeness (QED) is 0.645. The molecular formula is C14H20ClN5OS. The normalized spacial score (nSPS) is 19.2. The first-order chi connectivity index (χ1) is 10.7. The summed E-state index contributed by atoms with van der Waals surface area (Å²) < 4.78 is 5.36. The van der Waals surface area contributed by atoms with Crippen LogP contribution >= 0.6 is 23.8 Å². The molecule has 1 saturated carbocycles. The van der Waals surface area contributed by atoms with Crippen molar-refractivity contribution in [1.29, 1.82) is 0 Å². The predicted molar refractivity (Wildman–Crippen MR) is 91.7 cm³/mol. The van der Waals surface area contributed by atoms with Crippen LogP contribution in [0.5, 0.6) is 0 Å². The molecule has 1 aromatic rings. The third-order valence-corrected chi connectivity index (χ3v) is 4.35. The van der Waals surface area contributed by atoms with E-state index in [0.717, 1.165) is 31.7 Å². The molecule has 120 valence electrons. The second kappa shape index (κ2) is 7.39. The Bertz CT molecular complexity index is 532. The third-order valence-electron chi connectivity index (χ3n) is 3.93. The van der Waals surface area contributed by atoms with E-state index in [9.17, 15) is 0 Å². The molecule has 0 aromatic carbocycles. The smallest absolute Gasteiger partial charge is 0.232 e. The Morgan fingerprint density at radius 2 is 2.00 bits per heavy atom. The highest BCUT2D eigenvalue weighted by Crippen LogP contribution is 2.20. The second-order valence-corrected chi connectivity index (χ2v) is 6.35. The van der Waals surface area contributed by atoms with Crippen LogP contribution in [0, 0.1) is 0 Å². The molecule has 8 heteroatoms. The van der Waals surface area contributed by atoms with E-state index in [1.807, 2.05) is 0 Å². The predicted octanol–water partition coefficient (Wildman–Crippen LogP) is 2.20. The number of halogens is 1. The van der Waals surface area contributed by atoms with Crippen LogP contribution in [0.2, 0.25) is 5.15 Å².